The van der Waals surface area contributed by atoms with Gasteiger partial charge in [0, 0.05) is 13.1 Å². The van der Waals surface area contributed by atoms with E-state index in [1.165, 1.54) is 38.8 Å². The first kappa shape index (κ1) is 16.3. The molecule has 1 atom stereocenters. The Kier molecular flexibility index (Phi) is 7.04. The van der Waals surface area contributed by atoms with Gasteiger partial charge in [-0.05, 0) is 62.4 Å². The lowest BCUT2D eigenvalue weighted by Gasteiger charge is -2.20. The molecule has 2 N–H and O–H groups in total. The van der Waals surface area contributed by atoms with Crippen LogP contribution >= 0.6 is 0 Å². The average molecular weight is 290 g/mol. The van der Waals surface area contributed by atoms with Crippen LogP contribution in [0.1, 0.15) is 44.6 Å². The average Bonchev–Trinajstić information content (AvgIpc) is 2.77. The molecule has 0 bridgehead atoms. The van der Waals surface area contributed by atoms with Gasteiger partial charge in [-0.2, -0.15) is 0 Å². The Bertz CT molecular complexity index is 408. The number of nitrogens with zero attached hydrogens (tertiary/aromatic N) is 1. The molecule has 0 spiro atoms. The molecule has 1 aromatic rings. The zero-order chi connectivity index (χ0) is 14.9. The predicted molar refractivity (Wildman–Crippen MR) is 88.5 cm³/mol. The number of hydrogen-bond acceptors (Lipinski definition) is 3. The van der Waals surface area contributed by atoms with Gasteiger partial charge in [0.05, 0.1) is 6.61 Å². The molecule has 1 heterocycles. The largest absolute Gasteiger partial charge is 0.494 e. The number of likely N-dealkylation sites (tertiary alicyclic amines) is 1. The fourth-order valence-corrected chi connectivity index (χ4v) is 3.10. The van der Waals surface area contributed by atoms with E-state index >= 15 is 0 Å². The van der Waals surface area contributed by atoms with Crippen molar-refractivity contribution in [2.75, 3.05) is 26.2 Å². The van der Waals surface area contributed by atoms with E-state index in [2.05, 4.69) is 11.8 Å². The normalized spacial score (nSPS) is 20.2. The van der Waals surface area contributed by atoms with Crippen LogP contribution in [0.4, 0.5) is 0 Å². The highest BCUT2D eigenvalue weighted by molar-refractivity contribution is 5.28. The minimum Gasteiger partial charge on any atom is -0.494 e. The van der Waals surface area contributed by atoms with E-state index in [-0.39, 0.29) is 0 Å². The summed E-state index contributed by atoms with van der Waals surface area (Å²) in [4.78, 5) is 2.61. The van der Waals surface area contributed by atoms with E-state index in [1.54, 1.807) is 0 Å². The Morgan fingerprint density at radius 3 is 3.00 bits per heavy atom. The van der Waals surface area contributed by atoms with Crippen LogP contribution in [0.25, 0.3) is 0 Å². The third-order valence-corrected chi connectivity index (χ3v) is 4.54. The van der Waals surface area contributed by atoms with Gasteiger partial charge < -0.3 is 15.4 Å². The molecule has 2 rings (SSSR count). The third-order valence-electron chi connectivity index (χ3n) is 4.54. The summed E-state index contributed by atoms with van der Waals surface area (Å²) in [5, 5.41) is 0. The maximum absolute atomic E-state index is 5.83. The van der Waals surface area contributed by atoms with Crippen molar-refractivity contribution in [2.45, 2.75) is 45.6 Å². The van der Waals surface area contributed by atoms with Crippen molar-refractivity contribution >= 4 is 0 Å². The Hall–Kier alpha value is -1.06. The molecule has 1 unspecified atom stereocenters. The zero-order valence-electron chi connectivity index (χ0n) is 13.4. The van der Waals surface area contributed by atoms with Crippen LogP contribution in [0.5, 0.6) is 5.75 Å². The fraction of sp³-hybridized carbons (Fsp3) is 0.667. The quantitative estimate of drug-likeness (QED) is 0.782. The number of hydrogen-bond donors (Lipinski definition) is 1. The van der Waals surface area contributed by atoms with Crippen LogP contribution in [0.2, 0.25) is 0 Å². The third kappa shape index (κ3) is 5.68. The van der Waals surface area contributed by atoms with E-state index in [0.717, 1.165) is 36.8 Å². The Morgan fingerprint density at radius 1 is 1.29 bits per heavy atom. The van der Waals surface area contributed by atoms with Crippen molar-refractivity contribution < 1.29 is 4.74 Å². The van der Waals surface area contributed by atoms with Crippen molar-refractivity contribution in [3.8, 4) is 5.75 Å². The minimum absolute atomic E-state index is 0.573. The summed E-state index contributed by atoms with van der Waals surface area (Å²) >= 11 is 0. The molecule has 3 heteroatoms. The summed E-state index contributed by atoms with van der Waals surface area (Å²) in [5.41, 5.74) is 6.78. The molecule has 1 aromatic carbocycles. The maximum atomic E-state index is 5.83. The highest BCUT2D eigenvalue weighted by Gasteiger charge is 2.15. The number of ether oxygens (including phenoxy) is 1. The lowest BCUT2D eigenvalue weighted by atomic mass is 9.98. The number of benzene rings is 1. The second-order valence-corrected chi connectivity index (χ2v) is 6.10. The monoisotopic (exact) mass is 290 g/mol. The molecule has 1 fully saturated rings. The highest BCUT2D eigenvalue weighted by Crippen LogP contribution is 2.20. The van der Waals surface area contributed by atoms with Crippen LogP contribution in [0, 0.1) is 5.92 Å². The Morgan fingerprint density at radius 2 is 2.19 bits per heavy atom. The molecule has 118 valence electrons. The van der Waals surface area contributed by atoms with Gasteiger partial charge in [-0.1, -0.05) is 25.5 Å². The lowest BCUT2D eigenvalue weighted by molar-refractivity contribution is 0.237. The molecule has 1 aliphatic rings. The fourth-order valence-electron chi connectivity index (χ4n) is 3.10. The molecule has 21 heavy (non-hydrogen) atoms. The lowest BCUT2D eigenvalue weighted by Crippen LogP contribution is -2.27. The molecular weight excluding hydrogens is 260 g/mol. The van der Waals surface area contributed by atoms with Crippen molar-refractivity contribution in [1.82, 2.24) is 4.90 Å². The number of rotatable bonds is 7. The molecule has 3 nitrogen and oxygen atoms in total. The second kappa shape index (κ2) is 9.06. The van der Waals surface area contributed by atoms with Crippen LogP contribution < -0.4 is 10.5 Å². The summed E-state index contributed by atoms with van der Waals surface area (Å²) in [7, 11) is 0. The first-order valence-electron chi connectivity index (χ1n) is 8.46. The maximum Gasteiger partial charge on any atom is 0.119 e. The zero-order valence-corrected chi connectivity index (χ0v) is 13.4. The smallest absolute Gasteiger partial charge is 0.119 e. The molecular formula is C18H30N2O. The Balaban J connectivity index is 1.65. The van der Waals surface area contributed by atoms with Crippen molar-refractivity contribution in [1.29, 1.82) is 0 Å². The summed E-state index contributed by atoms with van der Waals surface area (Å²) in [6.45, 7) is 7.38. The van der Waals surface area contributed by atoms with Gasteiger partial charge in [-0.15, -0.1) is 0 Å². The number of nitrogens with two attached hydrogens (primary N) is 1. The topological polar surface area (TPSA) is 38.5 Å². The van der Waals surface area contributed by atoms with E-state index in [1.807, 2.05) is 24.3 Å². The van der Waals surface area contributed by atoms with Crippen LogP contribution in [0.15, 0.2) is 24.3 Å². The first-order chi connectivity index (χ1) is 10.3. The minimum atomic E-state index is 0.573. The SMILES string of the molecule is CCC1CCCN(CCCOc2cccc(CN)c2)CC1. The van der Waals surface area contributed by atoms with Gasteiger partial charge in [-0.3, -0.25) is 0 Å². The van der Waals surface area contributed by atoms with Crippen LogP contribution in [-0.4, -0.2) is 31.1 Å². The van der Waals surface area contributed by atoms with E-state index in [9.17, 15) is 0 Å². The molecule has 0 amide bonds. The van der Waals surface area contributed by atoms with Crippen LogP contribution in [-0.2, 0) is 6.54 Å². The van der Waals surface area contributed by atoms with Crippen molar-refractivity contribution in [2.24, 2.45) is 11.7 Å². The van der Waals surface area contributed by atoms with E-state index < -0.39 is 0 Å². The van der Waals surface area contributed by atoms with E-state index in [0.29, 0.717) is 6.54 Å². The van der Waals surface area contributed by atoms with Gasteiger partial charge in [0.2, 0.25) is 0 Å². The van der Waals surface area contributed by atoms with E-state index in [4.69, 9.17) is 10.5 Å². The molecule has 1 saturated heterocycles. The van der Waals surface area contributed by atoms with Crippen molar-refractivity contribution in [3.63, 3.8) is 0 Å². The molecule has 0 aliphatic carbocycles. The van der Waals surface area contributed by atoms with Gasteiger partial charge in [0.15, 0.2) is 0 Å². The van der Waals surface area contributed by atoms with Gasteiger partial charge >= 0.3 is 0 Å². The molecule has 1 aliphatic heterocycles. The van der Waals surface area contributed by atoms with Gasteiger partial charge in [-0.25, -0.2) is 0 Å². The summed E-state index contributed by atoms with van der Waals surface area (Å²) in [6, 6.07) is 8.10. The highest BCUT2D eigenvalue weighted by atomic mass is 16.5. The summed E-state index contributed by atoms with van der Waals surface area (Å²) < 4.78 is 5.83. The standard InChI is InChI=1S/C18H30N2O/c1-2-16-7-4-10-20(12-9-16)11-5-13-21-18-8-3-6-17(14-18)15-19/h3,6,8,14,16H,2,4-5,7,9-13,15,19H2,1H3. The summed E-state index contributed by atoms with van der Waals surface area (Å²) in [5.74, 6) is 1.89. The molecule has 0 aromatic heterocycles. The second-order valence-electron chi connectivity index (χ2n) is 6.10. The summed E-state index contributed by atoms with van der Waals surface area (Å²) in [6.07, 6.45) is 6.58. The predicted octanol–water partition coefficient (Wildman–Crippen LogP) is 3.43. The van der Waals surface area contributed by atoms with Crippen LogP contribution in [0.3, 0.4) is 0 Å². The first-order valence-corrected chi connectivity index (χ1v) is 8.46. The Labute approximate surface area is 129 Å². The molecule has 0 saturated carbocycles. The van der Waals surface area contributed by atoms with Gasteiger partial charge in [0.1, 0.15) is 5.75 Å². The van der Waals surface area contributed by atoms with Crippen molar-refractivity contribution in [3.05, 3.63) is 29.8 Å². The molecule has 0 radical (unpaired) electrons. The van der Waals surface area contributed by atoms with Gasteiger partial charge in [0.25, 0.3) is 0 Å².